The van der Waals surface area contributed by atoms with Gasteiger partial charge in [0.1, 0.15) is 11.5 Å². The number of benzene rings is 2. The molecular weight excluding hydrogens is 380 g/mol. The second-order valence-corrected chi connectivity index (χ2v) is 6.63. The molecular formula is C21H20O8. The third kappa shape index (κ3) is 3.76. The predicted molar refractivity (Wildman–Crippen MR) is 98.9 cm³/mol. The van der Waals surface area contributed by atoms with Crippen LogP contribution in [0.2, 0.25) is 0 Å². The van der Waals surface area contributed by atoms with Gasteiger partial charge in [0.25, 0.3) is 0 Å². The molecule has 0 unspecified atom stereocenters. The molecule has 0 aromatic heterocycles. The van der Waals surface area contributed by atoms with Gasteiger partial charge in [0.2, 0.25) is 0 Å². The largest absolute Gasteiger partial charge is 0.467 e. The predicted octanol–water partition coefficient (Wildman–Crippen LogP) is 2.58. The van der Waals surface area contributed by atoms with E-state index in [9.17, 15) is 9.59 Å². The Labute approximate surface area is 167 Å². The van der Waals surface area contributed by atoms with E-state index in [0.29, 0.717) is 42.3 Å². The summed E-state index contributed by atoms with van der Waals surface area (Å²) >= 11 is 0. The SMILES string of the molecule is COC(=O)c1cc2c(c(Cc3cc(C(=O)OC)cc4c3OCOC4)c1)OCOC2. The molecule has 0 radical (unpaired) electrons. The quantitative estimate of drug-likeness (QED) is 0.724. The topological polar surface area (TPSA) is 89.5 Å². The Kier molecular flexibility index (Phi) is 5.37. The zero-order valence-electron chi connectivity index (χ0n) is 16.1. The highest BCUT2D eigenvalue weighted by Crippen LogP contribution is 2.36. The third-order valence-corrected chi connectivity index (χ3v) is 4.80. The number of carbonyl (C=O) groups excluding carboxylic acids is 2. The smallest absolute Gasteiger partial charge is 0.337 e. The lowest BCUT2D eigenvalue weighted by Gasteiger charge is -2.24. The van der Waals surface area contributed by atoms with Crippen molar-refractivity contribution >= 4 is 11.9 Å². The average Bonchev–Trinajstić information content (AvgIpc) is 2.77. The van der Waals surface area contributed by atoms with Crippen LogP contribution in [0, 0.1) is 0 Å². The van der Waals surface area contributed by atoms with Gasteiger partial charge < -0.3 is 28.4 Å². The molecule has 4 rings (SSSR count). The van der Waals surface area contributed by atoms with E-state index in [0.717, 1.165) is 22.3 Å². The maximum absolute atomic E-state index is 12.1. The number of rotatable bonds is 4. The maximum Gasteiger partial charge on any atom is 0.337 e. The van der Waals surface area contributed by atoms with Crippen LogP contribution in [0.3, 0.4) is 0 Å². The van der Waals surface area contributed by atoms with E-state index in [1.807, 2.05) is 0 Å². The molecule has 2 aliphatic heterocycles. The fraction of sp³-hybridized carbons (Fsp3) is 0.333. The Balaban J connectivity index is 1.81. The van der Waals surface area contributed by atoms with Gasteiger partial charge in [0, 0.05) is 17.5 Å². The Morgan fingerprint density at radius 1 is 0.793 bits per heavy atom. The highest BCUT2D eigenvalue weighted by atomic mass is 16.7. The van der Waals surface area contributed by atoms with E-state index in [1.165, 1.54) is 14.2 Å². The zero-order valence-corrected chi connectivity index (χ0v) is 16.1. The summed E-state index contributed by atoms with van der Waals surface area (Å²) in [4.78, 5) is 24.2. The molecule has 2 aliphatic rings. The lowest BCUT2D eigenvalue weighted by molar-refractivity contribution is -0.0177. The third-order valence-electron chi connectivity index (χ3n) is 4.80. The van der Waals surface area contributed by atoms with E-state index in [1.54, 1.807) is 24.3 Å². The highest BCUT2D eigenvalue weighted by molar-refractivity contribution is 5.91. The molecule has 2 aromatic rings. The molecule has 29 heavy (non-hydrogen) atoms. The molecule has 0 amide bonds. The normalized spacial score (nSPS) is 14.7. The van der Waals surface area contributed by atoms with Crippen molar-refractivity contribution < 1.29 is 38.0 Å². The monoisotopic (exact) mass is 400 g/mol. The second kappa shape index (κ2) is 8.10. The summed E-state index contributed by atoms with van der Waals surface area (Å²) in [6, 6.07) is 6.86. The first-order chi connectivity index (χ1) is 14.1. The van der Waals surface area contributed by atoms with Crippen molar-refractivity contribution in [1.82, 2.24) is 0 Å². The molecule has 0 saturated carbocycles. The highest BCUT2D eigenvalue weighted by Gasteiger charge is 2.24. The number of methoxy groups -OCH3 is 2. The van der Waals surface area contributed by atoms with Gasteiger partial charge in [-0.3, -0.25) is 0 Å². The fourth-order valence-electron chi connectivity index (χ4n) is 3.54. The summed E-state index contributed by atoms with van der Waals surface area (Å²) in [5, 5.41) is 0. The summed E-state index contributed by atoms with van der Waals surface area (Å²) < 4.78 is 31.8. The molecule has 8 heteroatoms. The average molecular weight is 400 g/mol. The van der Waals surface area contributed by atoms with Gasteiger partial charge in [-0.1, -0.05) is 0 Å². The van der Waals surface area contributed by atoms with Gasteiger partial charge in [-0.15, -0.1) is 0 Å². The number of hydrogen-bond donors (Lipinski definition) is 0. The van der Waals surface area contributed by atoms with Crippen molar-refractivity contribution in [3.63, 3.8) is 0 Å². The maximum atomic E-state index is 12.1. The summed E-state index contributed by atoms with van der Waals surface area (Å²) in [6.45, 7) is 0.917. The van der Waals surface area contributed by atoms with Crippen molar-refractivity contribution in [1.29, 1.82) is 0 Å². The van der Waals surface area contributed by atoms with E-state index in [4.69, 9.17) is 28.4 Å². The minimum Gasteiger partial charge on any atom is -0.467 e. The Hall–Kier alpha value is -3.10. The van der Waals surface area contributed by atoms with Crippen molar-refractivity contribution in [2.24, 2.45) is 0 Å². The lowest BCUT2D eigenvalue weighted by Crippen LogP contribution is -2.17. The fourth-order valence-corrected chi connectivity index (χ4v) is 3.54. The standard InChI is InChI=1S/C21H20O8/c1-24-20(22)14-4-12(18-16(6-14)8-26-10-28-18)3-13-5-15(21(23)25-2)7-17-9-27-11-29-19(13)17/h4-7H,3,8-11H2,1-2H3. The van der Waals surface area contributed by atoms with E-state index in [-0.39, 0.29) is 13.6 Å². The van der Waals surface area contributed by atoms with E-state index >= 15 is 0 Å². The first-order valence-corrected chi connectivity index (χ1v) is 9.00. The Morgan fingerprint density at radius 3 is 1.66 bits per heavy atom. The number of fused-ring (bicyclic) bond motifs is 2. The number of ether oxygens (including phenoxy) is 6. The molecule has 0 atom stereocenters. The molecule has 0 spiro atoms. The van der Waals surface area contributed by atoms with Gasteiger partial charge >= 0.3 is 11.9 Å². The summed E-state index contributed by atoms with van der Waals surface area (Å²) in [5.41, 5.74) is 3.86. The Morgan fingerprint density at radius 2 is 1.24 bits per heavy atom. The molecule has 0 saturated heterocycles. The number of hydrogen-bond acceptors (Lipinski definition) is 8. The van der Waals surface area contributed by atoms with Crippen LogP contribution < -0.4 is 9.47 Å². The van der Waals surface area contributed by atoms with Gasteiger partial charge in [-0.25, -0.2) is 9.59 Å². The van der Waals surface area contributed by atoms with Crippen LogP contribution in [-0.4, -0.2) is 39.7 Å². The van der Waals surface area contributed by atoms with Crippen LogP contribution in [0.5, 0.6) is 11.5 Å². The van der Waals surface area contributed by atoms with Crippen molar-refractivity contribution in [3.8, 4) is 11.5 Å². The van der Waals surface area contributed by atoms with Gasteiger partial charge in [-0.05, 0) is 35.4 Å². The summed E-state index contributed by atoms with van der Waals surface area (Å²) in [6.07, 6.45) is 0.375. The molecule has 0 N–H and O–H groups in total. The minimum atomic E-state index is -0.449. The molecule has 152 valence electrons. The minimum absolute atomic E-state index is 0.127. The molecule has 8 nitrogen and oxygen atoms in total. The number of carbonyl (C=O) groups is 2. The van der Waals surface area contributed by atoms with E-state index < -0.39 is 11.9 Å². The van der Waals surface area contributed by atoms with Crippen LogP contribution >= 0.6 is 0 Å². The van der Waals surface area contributed by atoms with Gasteiger partial charge in [0.05, 0.1) is 38.6 Å². The van der Waals surface area contributed by atoms with Crippen molar-refractivity contribution in [2.45, 2.75) is 19.6 Å². The molecule has 2 heterocycles. The zero-order chi connectivity index (χ0) is 20.4. The molecule has 2 aromatic carbocycles. The van der Waals surface area contributed by atoms with Crippen LogP contribution in [0.4, 0.5) is 0 Å². The van der Waals surface area contributed by atoms with Crippen LogP contribution in [0.25, 0.3) is 0 Å². The Bertz CT molecular complexity index is 888. The molecule has 0 fully saturated rings. The first-order valence-electron chi connectivity index (χ1n) is 9.00. The van der Waals surface area contributed by atoms with Gasteiger partial charge in [-0.2, -0.15) is 0 Å². The first kappa shape index (κ1) is 19.2. The van der Waals surface area contributed by atoms with E-state index in [2.05, 4.69) is 0 Å². The van der Waals surface area contributed by atoms with Crippen LogP contribution in [0.1, 0.15) is 43.0 Å². The second-order valence-electron chi connectivity index (χ2n) is 6.63. The lowest BCUT2D eigenvalue weighted by atomic mass is 9.94. The van der Waals surface area contributed by atoms with Gasteiger partial charge in [0.15, 0.2) is 13.6 Å². The molecule has 0 bridgehead atoms. The molecule has 0 aliphatic carbocycles. The van der Waals surface area contributed by atoms with Crippen LogP contribution in [0.15, 0.2) is 24.3 Å². The van der Waals surface area contributed by atoms with Crippen LogP contribution in [-0.2, 0) is 38.6 Å². The van der Waals surface area contributed by atoms with Crippen molar-refractivity contribution in [2.75, 3.05) is 27.8 Å². The summed E-state index contributed by atoms with van der Waals surface area (Å²) in [7, 11) is 2.66. The summed E-state index contributed by atoms with van der Waals surface area (Å²) in [5.74, 6) is 0.422. The van der Waals surface area contributed by atoms with Crippen molar-refractivity contribution in [3.05, 3.63) is 57.6 Å². The number of esters is 2.